The highest BCUT2D eigenvalue weighted by atomic mass is 16.5. The predicted molar refractivity (Wildman–Crippen MR) is 115 cm³/mol. The van der Waals surface area contributed by atoms with Crippen LogP contribution in [-0.4, -0.2) is 45.5 Å². The summed E-state index contributed by atoms with van der Waals surface area (Å²) in [6.45, 7) is 3.99. The molecule has 1 aliphatic carbocycles. The third kappa shape index (κ3) is 3.80. The fourth-order valence-electron chi connectivity index (χ4n) is 4.48. The Morgan fingerprint density at radius 3 is 2.77 bits per heavy atom. The zero-order chi connectivity index (χ0) is 20.3. The van der Waals surface area contributed by atoms with Crippen LogP contribution in [0.2, 0.25) is 0 Å². The van der Waals surface area contributed by atoms with Crippen molar-refractivity contribution in [3.8, 4) is 17.0 Å². The number of piperidine rings is 1. The molecule has 5 rings (SSSR count). The van der Waals surface area contributed by atoms with Crippen LogP contribution in [-0.2, 0) is 0 Å². The van der Waals surface area contributed by atoms with E-state index in [0.717, 1.165) is 47.7 Å². The summed E-state index contributed by atoms with van der Waals surface area (Å²) in [5.74, 6) is 12.1. The Labute approximate surface area is 177 Å². The topological polar surface area (TPSA) is 79.1 Å². The maximum atomic E-state index is 9.51. The number of imidazole rings is 1. The molecule has 1 saturated carbocycles. The first-order valence-corrected chi connectivity index (χ1v) is 11.0. The molecule has 2 aromatic heterocycles. The Balaban J connectivity index is 1.41. The van der Waals surface area contributed by atoms with Crippen LogP contribution in [0.4, 0.5) is 5.82 Å². The normalized spacial score (nSPS) is 17.9. The Morgan fingerprint density at radius 1 is 1.13 bits per heavy atom. The van der Waals surface area contributed by atoms with Gasteiger partial charge >= 0.3 is 5.82 Å². The number of rotatable bonds is 7. The Morgan fingerprint density at radius 2 is 2.00 bits per heavy atom. The minimum atomic E-state index is 0.294. The van der Waals surface area contributed by atoms with Crippen molar-refractivity contribution < 1.29 is 4.74 Å². The van der Waals surface area contributed by atoms with Crippen molar-refractivity contribution in [2.24, 2.45) is 0 Å². The van der Waals surface area contributed by atoms with Crippen LogP contribution in [0.3, 0.4) is 0 Å². The van der Waals surface area contributed by atoms with Crippen LogP contribution in [0.15, 0.2) is 36.7 Å². The van der Waals surface area contributed by atoms with Gasteiger partial charge in [0.25, 0.3) is 11.3 Å². The van der Waals surface area contributed by atoms with Crippen molar-refractivity contribution in [2.75, 3.05) is 26.2 Å². The SMILES string of the molecule is [N][N+]c1nccn2c(C3CCC3)nc(-c3cccc(OCCN4CCCCC4)c3)c12. The van der Waals surface area contributed by atoms with Gasteiger partial charge in [-0.3, -0.25) is 9.30 Å². The number of hydrogen-bond acceptors (Lipinski definition) is 4. The van der Waals surface area contributed by atoms with Crippen LogP contribution in [0.5, 0.6) is 5.75 Å². The maximum Gasteiger partial charge on any atom is 0.400 e. The molecular weight excluding hydrogens is 376 g/mol. The second-order valence-electron chi connectivity index (χ2n) is 8.29. The van der Waals surface area contributed by atoms with Gasteiger partial charge in [-0.1, -0.05) is 25.0 Å². The van der Waals surface area contributed by atoms with E-state index < -0.39 is 0 Å². The fourth-order valence-corrected chi connectivity index (χ4v) is 4.48. The van der Waals surface area contributed by atoms with Crippen molar-refractivity contribution in [1.29, 1.82) is 0 Å². The summed E-state index contributed by atoms with van der Waals surface area (Å²) in [6, 6.07) is 8.03. The third-order valence-corrected chi connectivity index (χ3v) is 6.36. The lowest BCUT2D eigenvalue weighted by Gasteiger charge is -2.26. The van der Waals surface area contributed by atoms with Gasteiger partial charge in [-0.2, -0.15) is 4.98 Å². The highest BCUT2D eigenvalue weighted by molar-refractivity contribution is 5.85. The van der Waals surface area contributed by atoms with Crippen molar-refractivity contribution in [2.45, 2.75) is 44.4 Å². The van der Waals surface area contributed by atoms with Crippen LogP contribution < -0.4 is 16.0 Å². The van der Waals surface area contributed by atoms with E-state index in [-0.39, 0.29) is 0 Å². The highest BCUT2D eigenvalue weighted by Crippen LogP contribution is 2.39. The standard InChI is InChI=1S/C23H27N6O/c24-27-22-21-20(26-23(17-6-4-7-17)29(21)13-10-25-22)18-8-5-9-19(16-18)30-15-14-28-11-2-1-3-12-28/h5,8-10,13,16-17H,1-4,6-7,11-12,14-15H2/q+1. The largest absolute Gasteiger partial charge is 0.492 e. The molecule has 154 valence electrons. The minimum Gasteiger partial charge on any atom is -0.492 e. The summed E-state index contributed by atoms with van der Waals surface area (Å²) in [6.07, 6.45) is 11.0. The van der Waals surface area contributed by atoms with Gasteiger partial charge < -0.3 is 4.74 Å². The number of nitrogens with zero attached hydrogens (tertiary/aromatic N) is 6. The zero-order valence-electron chi connectivity index (χ0n) is 17.2. The predicted octanol–water partition coefficient (Wildman–Crippen LogP) is 3.75. The maximum absolute atomic E-state index is 9.51. The summed E-state index contributed by atoms with van der Waals surface area (Å²) in [4.78, 5) is 11.7. The molecule has 0 unspecified atom stereocenters. The van der Waals surface area contributed by atoms with E-state index in [0.29, 0.717) is 18.3 Å². The molecule has 4 radical (unpaired) electrons. The molecule has 7 heteroatoms. The van der Waals surface area contributed by atoms with Gasteiger partial charge in [-0.25, -0.2) is 4.98 Å². The first kappa shape index (κ1) is 19.5. The molecule has 1 saturated heterocycles. The molecule has 7 nitrogen and oxygen atoms in total. The molecule has 0 amide bonds. The molecule has 1 aromatic carbocycles. The molecule has 30 heavy (non-hydrogen) atoms. The van der Waals surface area contributed by atoms with Gasteiger partial charge in [0.15, 0.2) is 5.52 Å². The van der Waals surface area contributed by atoms with Crippen LogP contribution in [0, 0.1) is 0 Å². The molecule has 2 fully saturated rings. The van der Waals surface area contributed by atoms with E-state index in [1.54, 1.807) is 6.20 Å². The van der Waals surface area contributed by atoms with E-state index in [9.17, 15) is 5.84 Å². The lowest BCUT2D eigenvalue weighted by atomic mass is 9.85. The molecule has 0 N–H and O–H groups in total. The first-order chi connectivity index (χ1) is 14.8. The molecular formula is C23H27N6O+. The van der Waals surface area contributed by atoms with Gasteiger partial charge in [0, 0.05) is 24.2 Å². The zero-order valence-corrected chi connectivity index (χ0v) is 17.2. The monoisotopic (exact) mass is 403 g/mol. The molecule has 0 bridgehead atoms. The van der Waals surface area contributed by atoms with Crippen LogP contribution in [0.25, 0.3) is 16.8 Å². The van der Waals surface area contributed by atoms with Gasteiger partial charge in [-0.05, 0) is 50.9 Å². The average Bonchev–Trinajstić information content (AvgIpc) is 3.13. The van der Waals surface area contributed by atoms with Crippen molar-refractivity contribution in [1.82, 2.24) is 30.5 Å². The quantitative estimate of drug-likeness (QED) is 0.563. The molecule has 3 heterocycles. The third-order valence-electron chi connectivity index (χ3n) is 6.36. The average molecular weight is 404 g/mol. The van der Waals surface area contributed by atoms with Crippen LogP contribution >= 0.6 is 0 Å². The van der Waals surface area contributed by atoms with E-state index in [1.807, 2.05) is 34.9 Å². The lowest BCUT2D eigenvalue weighted by Crippen LogP contribution is -2.33. The van der Waals surface area contributed by atoms with Crippen molar-refractivity contribution in [3.63, 3.8) is 0 Å². The minimum absolute atomic E-state index is 0.294. The van der Waals surface area contributed by atoms with Crippen molar-refractivity contribution >= 4 is 11.3 Å². The highest BCUT2D eigenvalue weighted by Gasteiger charge is 2.30. The van der Waals surface area contributed by atoms with Gasteiger partial charge in [-0.15, -0.1) is 0 Å². The second-order valence-corrected chi connectivity index (χ2v) is 8.29. The summed E-state index contributed by atoms with van der Waals surface area (Å²) >= 11 is 0. The summed E-state index contributed by atoms with van der Waals surface area (Å²) in [7, 11) is 0. The van der Waals surface area contributed by atoms with Crippen molar-refractivity contribution in [3.05, 3.63) is 42.5 Å². The van der Waals surface area contributed by atoms with E-state index in [2.05, 4.69) is 15.3 Å². The Bertz CT molecular complexity index is 1010. The number of hydrogen-bond donors (Lipinski definition) is 0. The Kier molecular flexibility index (Phi) is 5.66. The number of ether oxygens (including phenoxy) is 1. The molecule has 0 spiro atoms. The first-order valence-electron chi connectivity index (χ1n) is 11.0. The van der Waals surface area contributed by atoms with Gasteiger partial charge in [0.05, 0.1) is 6.20 Å². The van der Waals surface area contributed by atoms with E-state index in [4.69, 9.17) is 9.72 Å². The van der Waals surface area contributed by atoms with Crippen LogP contribution in [0.1, 0.15) is 50.3 Å². The summed E-state index contributed by atoms with van der Waals surface area (Å²) in [5.41, 5.74) is 5.90. The number of aromatic nitrogens is 3. The van der Waals surface area contributed by atoms with Gasteiger partial charge in [0.1, 0.15) is 23.9 Å². The molecule has 2 aliphatic rings. The smallest absolute Gasteiger partial charge is 0.400 e. The lowest BCUT2D eigenvalue weighted by molar-refractivity contribution is 0.183. The van der Waals surface area contributed by atoms with E-state index in [1.165, 1.54) is 38.8 Å². The fraction of sp³-hybridized carbons (Fsp3) is 0.478. The van der Waals surface area contributed by atoms with Gasteiger partial charge in [0.2, 0.25) is 0 Å². The number of fused-ring (bicyclic) bond motifs is 1. The number of likely N-dealkylation sites (tertiary alicyclic amines) is 1. The number of benzene rings is 1. The Hall–Kier alpha value is -2.48. The molecule has 3 aromatic rings. The second kappa shape index (κ2) is 8.71. The molecule has 0 atom stereocenters. The molecule has 1 aliphatic heterocycles. The summed E-state index contributed by atoms with van der Waals surface area (Å²) < 4.78 is 8.09. The summed E-state index contributed by atoms with van der Waals surface area (Å²) in [5, 5.41) is 0. The van der Waals surface area contributed by atoms with E-state index >= 15 is 0 Å².